The predicted octanol–water partition coefficient (Wildman–Crippen LogP) is 6.63. The zero-order valence-corrected chi connectivity index (χ0v) is 16.9. The van der Waals surface area contributed by atoms with Gasteiger partial charge in [0.1, 0.15) is 5.75 Å². The first-order valence-electron chi connectivity index (χ1n) is 8.34. The second-order valence-electron chi connectivity index (χ2n) is 5.98. The van der Waals surface area contributed by atoms with Crippen LogP contribution in [0.15, 0.2) is 71.9 Å². The van der Waals surface area contributed by atoms with Crippen LogP contribution in [0.25, 0.3) is 16.7 Å². The summed E-state index contributed by atoms with van der Waals surface area (Å²) in [4.78, 5) is 4.81. The fraction of sp³-hybridized carbons (Fsp3) is 0.0952. The number of rotatable bonds is 5. The number of halogens is 2. The molecule has 0 aliphatic rings. The summed E-state index contributed by atoms with van der Waals surface area (Å²) in [5.41, 5.74) is 4.11. The lowest BCUT2D eigenvalue weighted by atomic mass is 10.2. The molecule has 3 aromatic carbocycles. The van der Waals surface area contributed by atoms with Gasteiger partial charge in [0.05, 0.1) is 18.1 Å². The van der Waals surface area contributed by atoms with Gasteiger partial charge in [0.2, 0.25) is 0 Å². The van der Waals surface area contributed by atoms with E-state index in [4.69, 9.17) is 32.9 Å². The molecule has 4 rings (SSSR count). The molecule has 27 heavy (non-hydrogen) atoms. The molecule has 0 atom stereocenters. The van der Waals surface area contributed by atoms with Crippen molar-refractivity contribution in [3.63, 3.8) is 0 Å². The molecule has 0 bridgehead atoms. The number of fused-ring (bicyclic) bond motifs is 1. The van der Waals surface area contributed by atoms with Crippen molar-refractivity contribution in [2.24, 2.45) is 0 Å². The van der Waals surface area contributed by atoms with Gasteiger partial charge in [-0.3, -0.25) is 4.57 Å². The number of imidazole rings is 1. The number of aromatic nitrogens is 2. The molecular formula is C21H16Cl2N2OS. The Morgan fingerprint density at radius 2 is 1.63 bits per heavy atom. The normalized spacial score (nSPS) is 11.1. The number of hydrogen-bond donors (Lipinski definition) is 0. The number of ether oxygens (including phenoxy) is 1. The Bertz CT molecular complexity index is 1080. The smallest absolute Gasteiger partial charge is 0.174 e. The first-order chi connectivity index (χ1) is 13.1. The van der Waals surface area contributed by atoms with Crippen LogP contribution in [0.1, 0.15) is 5.56 Å². The quantitative estimate of drug-likeness (QED) is 0.342. The highest BCUT2D eigenvalue weighted by molar-refractivity contribution is 7.98. The zero-order chi connectivity index (χ0) is 18.8. The fourth-order valence-corrected chi connectivity index (χ4v) is 4.11. The van der Waals surface area contributed by atoms with E-state index in [1.54, 1.807) is 18.9 Å². The van der Waals surface area contributed by atoms with Crippen LogP contribution in [0.4, 0.5) is 0 Å². The summed E-state index contributed by atoms with van der Waals surface area (Å²) in [5.74, 6) is 1.62. The number of benzene rings is 3. The summed E-state index contributed by atoms with van der Waals surface area (Å²) in [6.45, 7) is 0. The topological polar surface area (TPSA) is 27.1 Å². The van der Waals surface area contributed by atoms with E-state index in [0.717, 1.165) is 38.4 Å². The van der Waals surface area contributed by atoms with Crippen molar-refractivity contribution in [1.82, 2.24) is 9.55 Å². The summed E-state index contributed by atoms with van der Waals surface area (Å²) in [6.07, 6.45) is 0. The van der Waals surface area contributed by atoms with Crippen molar-refractivity contribution in [1.29, 1.82) is 0 Å². The lowest BCUT2D eigenvalue weighted by Gasteiger charge is -2.10. The van der Waals surface area contributed by atoms with Crippen molar-refractivity contribution in [3.8, 4) is 11.4 Å². The Kier molecular flexibility index (Phi) is 5.30. The first kappa shape index (κ1) is 18.2. The molecule has 0 radical (unpaired) electrons. The maximum atomic E-state index is 6.17. The van der Waals surface area contributed by atoms with Crippen LogP contribution in [-0.4, -0.2) is 16.7 Å². The van der Waals surface area contributed by atoms with Gasteiger partial charge < -0.3 is 4.74 Å². The molecule has 136 valence electrons. The summed E-state index contributed by atoms with van der Waals surface area (Å²) in [5, 5.41) is 2.33. The molecule has 0 amide bonds. The molecule has 0 fully saturated rings. The van der Waals surface area contributed by atoms with Gasteiger partial charge in [-0.05, 0) is 60.2 Å². The molecule has 4 aromatic rings. The summed E-state index contributed by atoms with van der Waals surface area (Å²) >= 11 is 13.8. The third kappa shape index (κ3) is 3.93. The standard InChI is InChI=1S/C21H16Cl2N2OS/c1-26-18-9-7-17(8-10-18)25-20-11-6-16(23)12-19(20)24-21(25)27-13-14-2-4-15(22)5-3-14/h2-12H,13H2,1H3. The van der Waals surface area contributed by atoms with Gasteiger partial charge in [-0.1, -0.05) is 47.1 Å². The second-order valence-corrected chi connectivity index (χ2v) is 7.79. The number of thioether (sulfide) groups is 1. The Morgan fingerprint density at radius 1 is 0.926 bits per heavy atom. The van der Waals surface area contributed by atoms with Crippen LogP contribution in [0, 0.1) is 0 Å². The van der Waals surface area contributed by atoms with E-state index in [0.29, 0.717) is 5.02 Å². The highest BCUT2D eigenvalue weighted by Gasteiger charge is 2.14. The van der Waals surface area contributed by atoms with E-state index in [2.05, 4.69) is 4.57 Å². The third-order valence-corrected chi connectivity index (χ3v) is 5.69. The minimum Gasteiger partial charge on any atom is -0.497 e. The molecule has 0 aliphatic heterocycles. The molecule has 1 heterocycles. The second kappa shape index (κ2) is 7.85. The monoisotopic (exact) mass is 414 g/mol. The molecule has 0 saturated heterocycles. The van der Waals surface area contributed by atoms with Crippen molar-refractivity contribution >= 4 is 46.0 Å². The fourth-order valence-electron chi connectivity index (χ4n) is 2.84. The van der Waals surface area contributed by atoms with Gasteiger partial charge in [-0.25, -0.2) is 4.98 Å². The minimum absolute atomic E-state index is 0.677. The Morgan fingerprint density at radius 3 is 2.33 bits per heavy atom. The highest BCUT2D eigenvalue weighted by Crippen LogP contribution is 2.32. The van der Waals surface area contributed by atoms with E-state index in [9.17, 15) is 0 Å². The van der Waals surface area contributed by atoms with Crippen LogP contribution in [0.2, 0.25) is 10.0 Å². The van der Waals surface area contributed by atoms with E-state index < -0.39 is 0 Å². The summed E-state index contributed by atoms with van der Waals surface area (Å²) in [6, 6.07) is 21.6. The molecule has 3 nitrogen and oxygen atoms in total. The van der Waals surface area contributed by atoms with E-state index in [1.807, 2.05) is 66.7 Å². The van der Waals surface area contributed by atoms with Crippen LogP contribution in [-0.2, 0) is 5.75 Å². The maximum absolute atomic E-state index is 6.17. The summed E-state index contributed by atoms with van der Waals surface area (Å²) in [7, 11) is 1.66. The van der Waals surface area contributed by atoms with Gasteiger partial charge in [0, 0.05) is 21.5 Å². The lowest BCUT2D eigenvalue weighted by Crippen LogP contribution is -1.97. The average molecular weight is 415 g/mol. The van der Waals surface area contributed by atoms with Crippen LogP contribution in [0.5, 0.6) is 5.75 Å². The predicted molar refractivity (Wildman–Crippen MR) is 114 cm³/mol. The van der Waals surface area contributed by atoms with Gasteiger partial charge in [-0.15, -0.1) is 0 Å². The number of hydrogen-bond acceptors (Lipinski definition) is 3. The molecule has 6 heteroatoms. The summed E-state index contributed by atoms with van der Waals surface area (Å²) < 4.78 is 7.42. The van der Waals surface area contributed by atoms with Gasteiger partial charge in [0.15, 0.2) is 5.16 Å². The van der Waals surface area contributed by atoms with Crippen molar-refractivity contribution in [2.75, 3.05) is 7.11 Å². The third-order valence-electron chi connectivity index (χ3n) is 4.20. The minimum atomic E-state index is 0.677. The average Bonchev–Trinajstić information content (AvgIpc) is 3.05. The largest absolute Gasteiger partial charge is 0.497 e. The van der Waals surface area contributed by atoms with Crippen molar-refractivity contribution in [2.45, 2.75) is 10.9 Å². The van der Waals surface area contributed by atoms with Crippen molar-refractivity contribution < 1.29 is 4.74 Å². The maximum Gasteiger partial charge on any atom is 0.174 e. The van der Waals surface area contributed by atoms with E-state index >= 15 is 0 Å². The Labute approximate surface area is 171 Å². The Balaban J connectivity index is 1.74. The molecule has 1 aromatic heterocycles. The Hall–Kier alpha value is -2.14. The van der Waals surface area contributed by atoms with E-state index in [-0.39, 0.29) is 0 Å². The molecule has 0 spiro atoms. The van der Waals surface area contributed by atoms with E-state index in [1.165, 1.54) is 5.56 Å². The van der Waals surface area contributed by atoms with Crippen molar-refractivity contribution in [3.05, 3.63) is 82.3 Å². The highest BCUT2D eigenvalue weighted by atomic mass is 35.5. The number of nitrogens with zero attached hydrogens (tertiary/aromatic N) is 2. The van der Waals surface area contributed by atoms with Gasteiger partial charge >= 0.3 is 0 Å². The van der Waals surface area contributed by atoms with Crippen LogP contribution in [0.3, 0.4) is 0 Å². The van der Waals surface area contributed by atoms with Gasteiger partial charge in [0.25, 0.3) is 0 Å². The first-order valence-corrected chi connectivity index (χ1v) is 10.1. The SMILES string of the molecule is COc1ccc(-n2c(SCc3ccc(Cl)cc3)nc3cc(Cl)ccc32)cc1. The molecule has 0 N–H and O–H groups in total. The molecule has 0 saturated carbocycles. The van der Waals surface area contributed by atoms with Gasteiger partial charge in [-0.2, -0.15) is 0 Å². The molecule has 0 aliphatic carbocycles. The lowest BCUT2D eigenvalue weighted by molar-refractivity contribution is 0.414. The van der Waals surface area contributed by atoms with Crippen LogP contribution < -0.4 is 4.74 Å². The molecule has 0 unspecified atom stereocenters. The number of methoxy groups -OCH3 is 1. The zero-order valence-electron chi connectivity index (χ0n) is 14.5. The molecular weight excluding hydrogens is 399 g/mol. The van der Waals surface area contributed by atoms with Crippen LogP contribution >= 0.6 is 35.0 Å².